The summed E-state index contributed by atoms with van der Waals surface area (Å²) in [7, 11) is 0. The summed E-state index contributed by atoms with van der Waals surface area (Å²) in [4.78, 5) is 13.0. The fraction of sp³-hybridized carbons (Fsp3) is 0.200. The van der Waals surface area contributed by atoms with Crippen LogP contribution >= 0.6 is 11.6 Å². The Morgan fingerprint density at radius 2 is 1.54 bits per heavy atom. The molecule has 4 rings (SSSR count). The molecule has 0 aromatic heterocycles. The Kier molecular flexibility index (Phi) is 6.85. The second kappa shape index (κ2) is 9.62. The van der Waals surface area contributed by atoms with Crippen molar-refractivity contribution in [3.05, 3.63) is 94.5 Å². The first-order chi connectivity index (χ1) is 17.2. The first kappa shape index (κ1) is 26.3. The summed E-state index contributed by atoms with van der Waals surface area (Å²) in [5.74, 6) is -0.403. The Morgan fingerprint density at radius 3 is 2.08 bits per heavy atom. The number of hydrazone groups is 1. The van der Waals surface area contributed by atoms with E-state index in [2.05, 4.69) is 15.2 Å². The Hall–Kier alpha value is -3.73. The number of hydrogen-bond donors (Lipinski definition) is 1. The number of ether oxygens (including phenoxy) is 1. The first-order valence-corrected chi connectivity index (χ1v) is 11.1. The number of nitrogens with one attached hydrogen (secondary N) is 1. The molecule has 1 aliphatic heterocycles. The Bertz CT molecular complexity index is 1310. The van der Waals surface area contributed by atoms with Crippen LogP contribution in [0.25, 0.3) is 0 Å². The third-order valence-corrected chi connectivity index (χ3v) is 6.00. The van der Waals surface area contributed by atoms with Crippen LogP contribution in [0.2, 0.25) is 5.02 Å². The number of benzene rings is 3. The average Bonchev–Trinajstić information content (AvgIpc) is 3.17. The molecule has 1 N–H and O–H groups in total. The molecule has 1 unspecified atom stereocenters. The molecule has 194 valence electrons. The lowest BCUT2D eigenvalue weighted by atomic mass is 9.76. The van der Waals surface area contributed by atoms with Gasteiger partial charge in [-0.3, -0.25) is 0 Å². The van der Waals surface area contributed by atoms with Gasteiger partial charge in [0, 0.05) is 10.7 Å². The largest absolute Gasteiger partial charge is 0.573 e. The maximum atomic E-state index is 13.0. The van der Waals surface area contributed by atoms with E-state index in [-0.39, 0.29) is 12.2 Å². The number of alkyl halides is 6. The SMILES string of the molecule is CC1(c2ccc(OC(F)(F)F)cc2)CN(C(=O)Nc2ccc(C(F)(F)F)cc2)N=C1c1ccc(Cl)cc1. The maximum absolute atomic E-state index is 13.0. The van der Waals surface area contributed by atoms with Crippen molar-refractivity contribution in [2.24, 2.45) is 5.10 Å². The third-order valence-electron chi connectivity index (χ3n) is 5.75. The highest BCUT2D eigenvalue weighted by atomic mass is 35.5. The predicted octanol–water partition coefficient (Wildman–Crippen LogP) is 7.47. The zero-order chi connectivity index (χ0) is 27.0. The predicted molar refractivity (Wildman–Crippen MR) is 126 cm³/mol. The molecule has 0 fully saturated rings. The molecule has 0 bridgehead atoms. The van der Waals surface area contributed by atoms with Crippen LogP contribution in [0.3, 0.4) is 0 Å². The monoisotopic (exact) mass is 541 g/mol. The second-order valence-electron chi connectivity index (χ2n) is 8.42. The van der Waals surface area contributed by atoms with Gasteiger partial charge in [-0.15, -0.1) is 13.2 Å². The van der Waals surface area contributed by atoms with E-state index in [1.807, 2.05) is 0 Å². The van der Waals surface area contributed by atoms with Gasteiger partial charge in [-0.25, -0.2) is 9.80 Å². The van der Waals surface area contributed by atoms with E-state index in [4.69, 9.17) is 11.6 Å². The van der Waals surface area contributed by atoms with E-state index in [1.54, 1.807) is 31.2 Å². The molecule has 12 heteroatoms. The molecular weight excluding hydrogens is 524 g/mol. The maximum Gasteiger partial charge on any atom is 0.573 e. The molecule has 0 spiro atoms. The van der Waals surface area contributed by atoms with Crippen LogP contribution in [0.4, 0.5) is 36.8 Å². The fourth-order valence-corrected chi connectivity index (χ4v) is 4.05. The van der Waals surface area contributed by atoms with Crippen molar-refractivity contribution in [3.8, 4) is 5.75 Å². The molecule has 0 saturated heterocycles. The third kappa shape index (κ3) is 5.99. The van der Waals surface area contributed by atoms with Crippen molar-refractivity contribution in [1.29, 1.82) is 0 Å². The van der Waals surface area contributed by atoms with Gasteiger partial charge in [0.1, 0.15) is 5.75 Å². The van der Waals surface area contributed by atoms with Gasteiger partial charge >= 0.3 is 18.6 Å². The van der Waals surface area contributed by atoms with Crippen LogP contribution in [0.1, 0.15) is 23.6 Å². The number of halogens is 7. The zero-order valence-electron chi connectivity index (χ0n) is 19.0. The van der Waals surface area contributed by atoms with Crippen LogP contribution in [0.5, 0.6) is 5.75 Å². The van der Waals surface area contributed by atoms with Crippen molar-refractivity contribution in [3.63, 3.8) is 0 Å². The number of nitrogens with zero attached hydrogens (tertiary/aromatic N) is 2. The van der Waals surface area contributed by atoms with Crippen molar-refractivity contribution in [2.45, 2.75) is 24.9 Å². The van der Waals surface area contributed by atoms with Crippen LogP contribution in [-0.2, 0) is 11.6 Å². The lowest BCUT2D eigenvalue weighted by Crippen LogP contribution is -2.38. The van der Waals surface area contributed by atoms with E-state index in [1.165, 1.54) is 24.3 Å². The van der Waals surface area contributed by atoms with Gasteiger partial charge in [0.25, 0.3) is 0 Å². The van der Waals surface area contributed by atoms with E-state index >= 15 is 0 Å². The van der Waals surface area contributed by atoms with Gasteiger partial charge in [-0.1, -0.05) is 35.9 Å². The Balaban J connectivity index is 1.63. The lowest BCUT2D eigenvalue weighted by molar-refractivity contribution is -0.274. The topological polar surface area (TPSA) is 53.9 Å². The molecule has 3 aromatic rings. The number of anilines is 1. The van der Waals surface area contributed by atoms with Gasteiger partial charge in [0.2, 0.25) is 0 Å². The molecule has 0 saturated carbocycles. The van der Waals surface area contributed by atoms with Gasteiger partial charge in [-0.05, 0) is 66.6 Å². The van der Waals surface area contributed by atoms with Crippen molar-refractivity contribution in [1.82, 2.24) is 5.01 Å². The lowest BCUT2D eigenvalue weighted by Gasteiger charge is -2.27. The summed E-state index contributed by atoms with van der Waals surface area (Å²) >= 11 is 5.99. The van der Waals surface area contributed by atoms with Gasteiger partial charge in [-0.2, -0.15) is 18.3 Å². The number of amides is 2. The highest BCUT2D eigenvalue weighted by Gasteiger charge is 2.43. The summed E-state index contributed by atoms with van der Waals surface area (Å²) in [6, 6.07) is 15.1. The molecule has 37 heavy (non-hydrogen) atoms. The normalized spacial score (nSPS) is 17.9. The van der Waals surface area contributed by atoms with Gasteiger partial charge in [0.05, 0.1) is 23.2 Å². The number of urea groups is 1. The Labute approximate surface area is 212 Å². The molecule has 3 aromatic carbocycles. The summed E-state index contributed by atoms with van der Waals surface area (Å²) in [5.41, 5.74) is -0.0740. The molecule has 0 radical (unpaired) electrons. The quantitative estimate of drug-likeness (QED) is 0.348. The zero-order valence-corrected chi connectivity index (χ0v) is 19.7. The minimum absolute atomic E-state index is 0.00307. The van der Waals surface area contributed by atoms with Crippen LogP contribution in [0.15, 0.2) is 77.9 Å². The standard InChI is InChI=1S/C25H18ClF6N3O2/c1-23(16-6-12-20(13-7-16)37-25(30,31)32)14-35(34-21(23)15-2-8-18(26)9-3-15)22(36)33-19-10-4-17(5-11-19)24(27,28)29/h2-13H,14H2,1H3,(H,33,36). The van der Waals surface area contributed by atoms with Gasteiger partial charge in [0.15, 0.2) is 0 Å². The van der Waals surface area contributed by atoms with Crippen molar-refractivity contribution >= 4 is 29.0 Å². The number of carbonyl (C=O) groups is 1. The Morgan fingerprint density at radius 1 is 0.946 bits per heavy atom. The highest BCUT2D eigenvalue weighted by Crippen LogP contribution is 2.37. The number of hydrogen-bond acceptors (Lipinski definition) is 3. The number of rotatable bonds is 4. The summed E-state index contributed by atoms with van der Waals surface area (Å²) in [6.45, 7) is 1.77. The van der Waals surface area contributed by atoms with Crippen LogP contribution in [0, 0.1) is 0 Å². The number of carbonyl (C=O) groups excluding carboxylic acids is 1. The molecule has 1 aliphatic rings. The molecule has 2 amide bonds. The minimum atomic E-state index is -4.85. The van der Waals surface area contributed by atoms with E-state index in [0.717, 1.165) is 29.3 Å². The smallest absolute Gasteiger partial charge is 0.406 e. The first-order valence-electron chi connectivity index (χ1n) is 10.7. The minimum Gasteiger partial charge on any atom is -0.406 e. The van der Waals surface area contributed by atoms with Gasteiger partial charge < -0.3 is 10.1 Å². The molecule has 1 heterocycles. The average molecular weight is 542 g/mol. The van der Waals surface area contributed by atoms with E-state index < -0.39 is 35.3 Å². The molecule has 0 aliphatic carbocycles. The molecule has 5 nitrogen and oxygen atoms in total. The highest BCUT2D eigenvalue weighted by molar-refractivity contribution is 6.30. The van der Waals surface area contributed by atoms with Crippen molar-refractivity contribution in [2.75, 3.05) is 11.9 Å². The summed E-state index contributed by atoms with van der Waals surface area (Å²) in [6.07, 6.45) is -9.36. The summed E-state index contributed by atoms with van der Waals surface area (Å²) < 4.78 is 80.1. The van der Waals surface area contributed by atoms with Crippen molar-refractivity contribution < 1.29 is 35.9 Å². The summed E-state index contributed by atoms with van der Waals surface area (Å²) in [5, 5.41) is 8.55. The van der Waals surface area contributed by atoms with Crippen LogP contribution < -0.4 is 10.1 Å². The second-order valence-corrected chi connectivity index (χ2v) is 8.86. The van der Waals surface area contributed by atoms with Crippen LogP contribution in [-0.4, -0.2) is 29.7 Å². The molecule has 1 atom stereocenters. The fourth-order valence-electron chi connectivity index (χ4n) is 3.93. The van der Waals surface area contributed by atoms with E-state index in [9.17, 15) is 31.1 Å². The van der Waals surface area contributed by atoms with E-state index in [0.29, 0.717) is 21.9 Å². The molecular formula is C25H18ClF6N3O2.